The van der Waals surface area contributed by atoms with Crippen LogP contribution >= 0.6 is 0 Å². The van der Waals surface area contributed by atoms with Crippen LogP contribution in [-0.2, 0) is 12.8 Å². The van der Waals surface area contributed by atoms with Gasteiger partial charge >= 0.3 is 0 Å². The SMILES string of the molecule is C[C@@H]1CCCC[C@H]1c1noc(CCc2ncn[nH]2)n1. The van der Waals surface area contributed by atoms with Crippen molar-refractivity contribution >= 4 is 0 Å². The molecular formula is C13H19N5O. The van der Waals surface area contributed by atoms with Gasteiger partial charge in [-0.3, -0.25) is 5.10 Å². The molecule has 0 amide bonds. The largest absolute Gasteiger partial charge is 0.339 e. The molecule has 3 rings (SSSR count). The second kappa shape index (κ2) is 5.50. The van der Waals surface area contributed by atoms with Crippen LogP contribution in [0.4, 0.5) is 0 Å². The molecule has 2 heterocycles. The summed E-state index contributed by atoms with van der Waals surface area (Å²) < 4.78 is 5.34. The van der Waals surface area contributed by atoms with E-state index in [2.05, 4.69) is 32.2 Å². The summed E-state index contributed by atoms with van der Waals surface area (Å²) in [6.45, 7) is 2.29. The zero-order chi connectivity index (χ0) is 13.1. The number of aromatic amines is 1. The molecule has 2 aromatic rings. The van der Waals surface area contributed by atoms with Gasteiger partial charge < -0.3 is 4.52 Å². The molecule has 2 atom stereocenters. The molecule has 1 N–H and O–H groups in total. The van der Waals surface area contributed by atoms with Crippen LogP contribution in [-0.4, -0.2) is 25.3 Å². The van der Waals surface area contributed by atoms with Gasteiger partial charge in [0.05, 0.1) is 0 Å². The van der Waals surface area contributed by atoms with Gasteiger partial charge in [0.15, 0.2) is 5.82 Å². The lowest BCUT2D eigenvalue weighted by molar-refractivity contribution is 0.305. The van der Waals surface area contributed by atoms with Crippen LogP contribution in [0.3, 0.4) is 0 Å². The van der Waals surface area contributed by atoms with Gasteiger partial charge in [0.1, 0.15) is 12.2 Å². The quantitative estimate of drug-likeness (QED) is 0.913. The lowest BCUT2D eigenvalue weighted by Gasteiger charge is -2.25. The van der Waals surface area contributed by atoms with Crippen molar-refractivity contribution in [3.05, 3.63) is 23.9 Å². The molecule has 102 valence electrons. The lowest BCUT2D eigenvalue weighted by atomic mass is 9.80. The highest BCUT2D eigenvalue weighted by atomic mass is 16.5. The van der Waals surface area contributed by atoms with Crippen molar-refractivity contribution in [3.8, 4) is 0 Å². The van der Waals surface area contributed by atoms with Crippen molar-refractivity contribution in [2.75, 3.05) is 0 Å². The van der Waals surface area contributed by atoms with Crippen LogP contribution in [0.15, 0.2) is 10.9 Å². The van der Waals surface area contributed by atoms with Gasteiger partial charge in [-0.1, -0.05) is 31.3 Å². The first-order valence-corrected chi connectivity index (χ1v) is 6.99. The molecule has 0 radical (unpaired) electrons. The Bertz CT molecular complexity index is 507. The minimum atomic E-state index is 0.469. The maximum absolute atomic E-state index is 5.34. The molecule has 6 heteroatoms. The minimum Gasteiger partial charge on any atom is -0.339 e. The molecule has 1 saturated carbocycles. The second-order valence-corrected chi connectivity index (χ2v) is 5.35. The number of hydrogen-bond donors (Lipinski definition) is 1. The van der Waals surface area contributed by atoms with E-state index in [1.807, 2.05) is 0 Å². The summed E-state index contributed by atoms with van der Waals surface area (Å²) in [4.78, 5) is 8.63. The Hall–Kier alpha value is -1.72. The van der Waals surface area contributed by atoms with Crippen molar-refractivity contribution < 1.29 is 4.52 Å². The Morgan fingerprint density at radius 2 is 2.21 bits per heavy atom. The molecule has 0 unspecified atom stereocenters. The zero-order valence-electron chi connectivity index (χ0n) is 11.2. The fourth-order valence-electron chi connectivity index (χ4n) is 2.80. The Balaban J connectivity index is 1.62. The van der Waals surface area contributed by atoms with Gasteiger partial charge in [-0.2, -0.15) is 10.1 Å². The van der Waals surface area contributed by atoms with E-state index in [0.29, 0.717) is 24.1 Å². The normalized spacial score (nSPS) is 23.6. The third-order valence-corrected chi connectivity index (χ3v) is 3.97. The van der Waals surface area contributed by atoms with Gasteiger partial charge in [-0.15, -0.1) is 0 Å². The van der Waals surface area contributed by atoms with Crippen molar-refractivity contribution in [1.29, 1.82) is 0 Å². The van der Waals surface area contributed by atoms with Crippen molar-refractivity contribution in [3.63, 3.8) is 0 Å². The minimum absolute atomic E-state index is 0.469. The van der Waals surface area contributed by atoms with Crippen molar-refractivity contribution in [1.82, 2.24) is 25.3 Å². The van der Waals surface area contributed by atoms with Crippen LogP contribution in [0.1, 0.15) is 56.1 Å². The number of hydrogen-bond acceptors (Lipinski definition) is 5. The van der Waals surface area contributed by atoms with E-state index in [1.165, 1.54) is 32.0 Å². The molecular weight excluding hydrogens is 242 g/mol. The number of H-pyrrole nitrogens is 1. The summed E-state index contributed by atoms with van der Waals surface area (Å²) >= 11 is 0. The average molecular weight is 261 g/mol. The highest BCUT2D eigenvalue weighted by Gasteiger charge is 2.27. The van der Waals surface area contributed by atoms with Crippen LogP contribution in [0.25, 0.3) is 0 Å². The van der Waals surface area contributed by atoms with Crippen molar-refractivity contribution in [2.45, 2.75) is 51.4 Å². The summed E-state index contributed by atoms with van der Waals surface area (Å²) in [7, 11) is 0. The molecule has 0 aliphatic heterocycles. The first-order valence-electron chi connectivity index (χ1n) is 6.99. The fraction of sp³-hybridized carbons (Fsp3) is 0.692. The molecule has 1 aliphatic rings. The first kappa shape index (κ1) is 12.3. The van der Waals surface area contributed by atoms with Gasteiger partial charge in [0.25, 0.3) is 0 Å². The molecule has 1 aliphatic carbocycles. The predicted octanol–water partition coefficient (Wildman–Crippen LogP) is 2.27. The van der Waals surface area contributed by atoms with E-state index in [1.54, 1.807) is 0 Å². The maximum atomic E-state index is 5.34. The number of nitrogens with zero attached hydrogens (tertiary/aromatic N) is 4. The summed E-state index contributed by atoms with van der Waals surface area (Å²) in [5.74, 6) is 3.57. The Kier molecular flexibility index (Phi) is 3.57. The van der Waals surface area contributed by atoms with Gasteiger partial charge in [-0.25, -0.2) is 4.98 Å². The third kappa shape index (κ3) is 2.83. The fourth-order valence-corrected chi connectivity index (χ4v) is 2.80. The molecule has 0 bridgehead atoms. The van der Waals surface area contributed by atoms with E-state index >= 15 is 0 Å². The third-order valence-electron chi connectivity index (χ3n) is 3.97. The van der Waals surface area contributed by atoms with E-state index in [4.69, 9.17) is 4.52 Å². The van der Waals surface area contributed by atoms with E-state index in [9.17, 15) is 0 Å². The summed E-state index contributed by atoms with van der Waals surface area (Å²) in [6.07, 6.45) is 8.03. The molecule has 0 aromatic carbocycles. The molecule has 6 nitrogen and oxygen atoms in total. The van der Waals surface area contributed by atoms with E-state index < -0.39 is 0 Å². The molecule has 19 heavy (non-hydrogen) atoms. The topological polar surface area (TPSA) is 80.5 Å². The number of aromatic nitrogens is 5. The van der Waals surface area contributed by atoms with E-state index in [-0.39, 0.29) is 0 Å². The highest BCUT2D eigenvalue weighted by molar-refractivity contribution is 5.00. The number of nitrogens with one attached hydrogen (secondary N) is 1. The van der Waals surface area contributed by atoms with Crippen LogP contribution in [0.5, 0.6) is 0 Å². The monoisotopic (exact) mass is 261 g/mol. The highest BCUT2D eigenvalue weighted by Crippen LogP contribution is 2.35. The van der Waals surface area contributed by atoms with Crippen molar-refractivity contribution in [2.24, 2.45) is 5.92 Å². The lowest BCUT2D eigenvalue weighted by Crippen LogP contribution is -2.16. The average Bonchev–Trinajstić information content (AvgIpc) is 3.08. The summed E-state index contributed by atoms with van der Waals surface area (Å²) in [6, 6.07) is 0. The Labute approximate surface area is 112 Å². The molecule has 2 aromatic heterocycles. The van der Waals surface area contributed by atoms with Gasteiger partial charge in [-0.05, 0) is 12.3 Å². The molecule has 0 spiro atoms. The Morgan fingerprint density at radius 3 is 3.00 bits per heavy atom. The zero-order valence-corrected chi connectivity index (χ0v) is 11.2. The number of aryl methyl sites for hydroxylation is 2. The first-order chi connectivity index (χ1) is 9.33. The van der Waals surface area contributed by atoms with Crippen LogP contribution in [0.2, 0.25) is 0 Å². The predicted molar refractivity (Wildman–Crippen MR) is 68.5 cm³/mol. The van der Waals surface area contributed by atoms with Gasteiger partial charge in [0, 0.05) is 18.8 Å². The van der Waals surface area contributed by atoms with E-state index in [0.717, 1.165) is 18.1 Å². The number of rotatable bonds is 4. The second-order valence-electron chi connectivity index (χ2n) is 5.35. The van der Waals surface area contributed by atoms with Crippen LogP contribution < -0.4 is 0 Å². The molecule has 1 fully saturated rings. The standard InChI is InChI=1S/C13H19N5O/c1-9-4-2-3-5-10(9)13-16-12(19-18-13)7-6-11-14-8-15-17-11/h8-10H,2-7H2,1H3,(H,14,15,17)/t9-,10-/m1/s1. The van der Waals surface area contributed by atoms with Gasteiger partial charge in [0.2, 0.25) is 5.89 Å². The Morgan fingerprint density at radius 1 is 1.32 bits per heavy atom. The van der Waals surface area contributed by atoms with Crippen LogP contribution in [0, 0.1) is 5.92 Å². The maximum Gasteiger partial charge on any atom is 0.227 e. The summed E-state index contributed by atoms with van der Waals surface area (Å²) in [5, 5.41) is 10.8. The smallest absolute Gasteiger partial charge is 0.227 e. The summed E-state index contributed by atoms with van der Waals surface area (Å²) in [5.41, 5.74) is 0. The molecule has 0 saturated heterocycles.